The Labute approximate surface area is 124 Å². The average molecular weight is 276 g/mol. The van der Waals surface area contributed by atoms with Crippen molar-refractivity contribution in [2.45, 2.75) is 19.4 Å². The lowest BCUT2D eigenvalue weighted by Crippen LogP contribution is -2.12. The molecule has 1 unspecified atom stereocenters. The molecule has 0 saturated heterocycles. The van der Waals surface area contributed by atoms with Crippen LogP contribution in [0, 0.1) is 0 Å². The molecule has 0 saturated carbocycles. The van der Waals surface area contributed by atoms with E-state index in [4.69, 9.17) is 0 Å². The summed E-state index contributed by atoms with van der Waals surface area (Å²) < 4.78 is 0. The standard InChI is InChI=1S/C17H16N4/c1-13-12-17(2,21-18-13)14-8-10-16(11-9-14)20-19-15-6-4-3-5-7-15/h3-12H,1-2H3/b20-19+. The van der Waals surface area contributed by atoms with E-state index in [9.17, 15) is 0 Å². The Kier molecular flexibility index (Phi) is 3.44. The van der Waals surface area contributed by atoms with E-state index < -0.39 is 0 Å². The summed E-state index contributed by atoms with van der Waals surface area (Å²) in [5.74, 6) is 0. The molecule has 104 valence electrons. The number of allylic oxidation sites excluding steroid dienone is 1. The van der Waals surface area contributed by atoms with Gasteiger partial charge in [-0.15, -0.1) is 0 Å². The first-order chi connectivity index (χ1) is 10.2. The van der Waals surface area contributed by atoms with Crippen LogP contribution >= 0.6 is 0 Å². The average Bonchev–Trinajstić information content (AvgIpc) is 2.87. The number of azo groups is 2. The van der Waals surface area contributed by atoms with Crippen molar-refractivity contribution in [1.29, 1.82) is 0 Å². The van der Waals surface area contributed by atoms with Crippen LogP contribution < -0.4 is 0 Å². The molecule has 3 rings (SSSR count). The predicted molar refractivity (Wildman–Crippen MR) is 83.0 cm³/mol. The lowest BCUT2D eigenvalue weighted by atomic mass is 9.93. The van der Waals surface area contributed by atoms with Gasteiger partial charge in [0.2, 0.25) is 0 Å². The van der Waals surface area contributed by atoms with Crippen LogP contribution in [0.4, 0.5) is 11.4 Å². The first kappa shape index (κ1) is 13.4. The molecule has 0 aromatic heterocycles. The van der Waals surface area contributed by atoms with Crippen molar-refractivity contribution >= 4 is 11.4 Å². The molecule has 0 aliphatic carbocycles. The summed E-state index contributed by atoms with van der Waals surface area (Å²) in [6, 6.07) is 17.6. The topological polar surface area (TPSA) is 49.4 Å². The smallest absolute Gasteiger partial charge is 0.124 e. The number of hydrogen-bond donors (Lipinski definition) is 0. The Balaban J connectivity index is 1.79. The minimum Gasteiger partial charge on any atom is -0.173 e. The molecule has 0 spiro atoms. The van der Waals surface area contributed by atoms with E-state index >= 15 is 0 Å². The van der Waals surface area contributed by atoms with Crippen molar-refractivity contribution in [2.75, 3.05) is 0 Å². The van der Waals surface area contributed by atoms with Crippen molar-refractivity contribution < 1.29 is 0 Å². The van der Waals surface area contributed by atoms with E-state index in [1.165, 1.54) is 0 Å². The van der Waals surface area contributed by atoms with E-state index in [0.717, 1.165) is 22.6 Å². The first-order valence-corrected chi connectivity index (χ1v) is 6.85. The highest BCUT2D eigenvalue weighted by atomic mass is 15.2. The van der Waals surface area contributed by atoms with Gasteiger partial charge in [0.25, 0.3) is 0 Å². The molecule has 1 heterocycles. The molecule has 0 amide bonds. The number of benzene rings is 2. The zero-order valence-electron chi connectivity index (χ0n) is 12.1. The second kappa shape index (κ2) is 5.40. The van der Waals surface area contributed by atoms with Gasteiger partial charge in [-0.25, -0.2) is 0 Å². The Morgan fingerprint density at radius 3 is 2.05 bits per heavy atom. The number of nitrogens with zero attached hydrogens (tertiary/aromatic N) is 4. The molecule has 1 aliphatic heterocycles. The minimum atomic E-state index is -0.362. The zero-order chi connectivity index (χ0) is 14.7. The minimum absolute atomic E-state index is 0.362. The van der Waals surface area contributed by atoms with Crippen LogP contribution in [0.1, 0.15) is 19.4 Å². The number of hydrogen-bond acceptors (Lipinski definition) is 4. The molecule has 2 aromatic carbocycles. The Morgan fingerprint density at radius 2 is 1.48 bits per heavy atom. The van der Waals surface area contributed by atoms with Crippen LogP contribution in [0.25, 0.3) is 0 Å². The Hall–Kier alpha value is -2.62. The van der Waals surface area contributed by atoms with E-state index in [1.54, 1.807) is 0 Å². The molecule has 2 aromatic rings. The zero-order valence-corrected chi connectivity index (χ0v) is 12.1. The lowest BCUT2D eigenvalue weighted by Gasteiger charge is -2.16. The van der Waals surface area contributed by atoms with Crippen molar-refractivity contribution in [3.8, 4) is 0 Å². The second-order valence-corrected chi connectivity index (χ2v) is 5.22. The Bertz CT molecular complexity index is 714. The van der Waals surface area contributed by atoms with Gasteiger partial charge in [0.05, 0.1) is 17.1 Å². The normalized spacial score (nSPS) is 21.0. The monoisotopic (exact) mass is 276 g/mol. The fourth-order valence-corrected chi connectivity index (χ4v) is 2.26. The third-order valence-corrected chi connectivity index (χ3v) is 3.39. The van der Waals surface area contributed by atoms with E-state index in [1.807, 2.05) is 68.4 Å². The van der Waals surface area contributed by atoms with Crippen LogP contribution in [0.2, 0.25) is 0 Å². The van der Waals surface area contributed by atoms with E-state index in [2.05, 4.69) is 26.5 Å². The highest BCUT2D eigenvalue weighted by Crippen LogP contribution is 2.34. The molecule has 1 aliphatic rings. The Morgan fingerprint density at radius 1 is 0.857 bits per heavy atom. The highest BCUT2D eigenvalue weighted by molar-refractivity contribution is 5.44. The summed E-state index contributed by atoms with van der Waals surface area (Å²) in [6.45, 7) is 4.00. The van der Waals surface area contributed by atoms with Crippen molar-refractivity contribution in [3.05, 3.63) is 71.9 Å². The van der Waals surface area contributed by atoms with Gasteiger partial charge in [-0.1, -0.05) is 30.3 Å². The fourth-order valence-electron chi connectivity index (χ4n) is 2.26. The summed E-state index contributed by atoms with van der Waals surface area (Å²) in [5.41, 5.74) is 3.35. The molecule has 0 fully saturated rings. The lowest BCUT2D eigenvalue weighted by molar-refractivity contribution is 0.621. The van der Waals surface area contributed by atoms with Crippen LogP contribution in [0.3, 0.4) is 0 Å². The summed E-state index contributed by atoms with van der Waals surface area (Å²) in [5, 5.41) is 16.9. The summed E-state index contributed by atoms with van der Waals surface area (Å²) in [4.78, 5) is 0. The fraction of sp³-hybridized carbons (Fsp3) is 0.176. The van der Waals surface area contributed by atoms with Gasteiger partial charge in [0.1, 0.15) is 5.54 Å². The van der Waals surface area contributed by atoms with Gasteiger partial charge >= 0.3 is 0 Å². The molecule has 21 heavy (non-hydrogen) atoms. The SMILES string of the molecule is CC1=CC(C)(c2ccc(/N=N/c3ccccc3)cc2)N=N1. The van der Waals surface area contributed by atoms with Crippen molar-refractivity contribution in [1.82, 2.24) is 0 Å². The molecule has 4 heteroatoms. The molecule has 0 N–H and O–H groups in total. The van der Waals surface area contributed by atoms with E-state index in [-0.39, 0.29) is 5.54 Å². The second-order valence-electron chi connectivity index (χ2n) is 5.22. The van der Waals surface area contributed by atoms with Gasteiger partial charge in [0.15, 0.2) is 0 Å². The third-order valence-electron chi connectivity index (χ3n) is 3.39. The molecule has 0 radical (unpaired) electrons. The summed E-state index contributed by atoms with van der Waals surface area (Å²) in [6.07, 6.45) is 2.06. The maximum Gasteiger partial charge on any atom is 0.124 e. The van der Waals surface area contributed by atoms with Crippen molar-refractivity contribution in [2.24, 2.45) is 20.5 Å². The first-order valence-electron chi connectivity index (χ1n) is 6.85. The molecular formula is C17H16N4. The molecule has 0 bridgehead atoms. The molecular weight excluding hydrogens is 260 g/mol. The van der Waals surface area contributed by atoms with Crippen LogP contribution in [0.15, 0.2) is 86.8 Å². The van der Waals surface area contributed by atoms with Crippen molar-refractivity contribution in [3.63, 3.8) is 0 Å². The molecule has 1 atom stereocenters. The largest absolute Gasteiger partial charge is 0.173 e. The summed E-state index contributed by atoms with van der Waals surface area (Å²) >= 11 is 0. The van der Waals surface area contributed by atoms with Gasteiger partial charge in [-0.05, 0) is 49.8 Å². The maximum absolute atomic E-state index is 4.32. The quantitative estimate of drug-likeness (QED) is 0.647. The maximum atomic E-state index is 4.32. The third kappa shape index (κ3) is 2.94. The van der Waals surface area contributed by atoms with Gasteiger partial charge < -0.3 is 0 Å². The summed E-state index contributed by atoms with van der Waals surface area (Å²) in [7, 11) is 0. The van der Waals surface area contributed by atoms with Gasteiger partial charge in [0, 0.05) is 0 Å². The van der Waals surface area contributed by atoms with Crippen LogP contribution in [-0.2, 0) is 5.54 Å². The van der Waals surface area contributed by atoms with E-state index in [0.29, 0.717) is 0 Å². The van der Waals surface area contributed by atoms with Gasteiger partial charge in [-0.2, -0.15) is 20.5 Å². The predicted octanol–water partition coefficient (Wildman–Crippen LogP) is 5.69. The van der Waals surface area contributed by atoms with Gasteiger partial charge in [-0.3, -0.25) is 0 Å². The number of rotatable bonds is 3. The van der Waals surface area contributed by atoms with Crippen LogP contribution in [-0.4, -0.2) is 0 Å². The molecule has 4 nitrogen and oxygen atoms in total. The highest BCUT2D eigenvalue weighted by Gasteiger charge is 2.27. The van der Waals surface area contributed by atoms with Crippen LogP contribution in [0.5, 0.6) is 0 Å².